The Morgan fingerprint density at radius 3 is 2.69 bits per heavy atom. The lowest BCUT2D eigenvalue weighted by Crippen LogP contribution is -2.06. The summed E-state index contributed by atoms with van der Waals surface area (Å²) in [4.78, 5) is 11.2. The van der Waals surface area contributed by atoms with E-state index < -0.39 is 17.5 Å². The van der Waals surface area contributed by atoms with Crippen LogP contribution in [0.5, 0.6) is 5.75 Å². The number of hydrogen-bond donors (Lipinski definition) is 2. The summed E-state index contributed by atoms with van der Waals surface area (Å²) in [6.45, 7) is 1.50. The van der Waals surface area contributed by atoms with Gasteiger partial charge in [-0.2, -0.15) is 0 Å². The van der Waals surface area contributed by atoms with E-state index in [0.717, 1.165) is 13.2 Å². The zero-order chi connectivity index (χ0) is 12.3. The number of esters is 1. The number of aliphatic hydroxyl groups is 1. The van der Waals surface area contributed by atoms with Crippen LogP contribution in [-0.2, 0) is 4.74 Å². The molecule has 2 N–H and O–H groups in total. The van der Waals surface area contributed by atoms with Crippen molar-refractivity contribution in [2.24, 2.45) is 0 Å². The molecule has 1 unspecified atom stereocenters. The fourth-order valence-electron chi connectivity index (χ4n) is 1.28. The molecule has 0 fully saturated rings. The van der Waals surface area contributed by atoms with Crippen LogP contribution < -0.4 is 0 Å². The summed E-state index contributed by atoms with van der Waals surface area (Å²) in [5.41, 5.74) is 0.191. The lowest BCUT2D eigenvalue weighted by Gasteiger charge is -2.11. The van der Waals surface area contributed by atoms with Crippen LogP contribution >= 0.6 is 0 Å². The van der Waals surface area contributed by atoms with E-state index in [1.165, 1.54) is 6.07 Å². The van der Waals surface area contributed by atoms with Gasteiger partial charge in [-0.05, 0) is 17.7 Å². The third-order valence-electron chi connectivity index (χ3n) is 2.33. The smallest absolute Gasteiger partial charge is 0.341 e. The summed E-state index contributed by atoms with van der Waals surface area (Å²) in [6.07, 6.45) is 0. The van der Waals surface area contributed by atoms with Crippen LogP contribution in [0.4, 0.5) is 4.39 Å². The fraction of sp³-hybridized carbons (Fsp3) is 0.364. The van der Waals surface area contributed by atoms with Crippen LogP contribution in [0, 0.1) is 5.82 Å². The van der Waals surface area contributed by atoms with Gasteiger partial charge in [-0.15, -0.1) is 0 Å². The molecule has 0 amide bonds. The van der Waals surface area contributed by atoms with Crippen molar-refractivity contribution < 1.29 is 24.1 Å². The van der Waals surface area contributed by atoms with Gasteiger partial charge in [-0.25, -0.2) is 9.18 Å². The molecule has 0 aliphatic heterocycles. The second-order valence-electron chi connectivity index (χ2n) is 3.47. The van der Waals surface area contributed by atoms with Gasteiger partial charge in [-0.1, -0.05) is 6.92 Å². The number of benzene rings is 1. The Morgan fingerprint density at radius 2 is 2.19 bits per heavy atom. The summed E-state index contributed by atoms with van der Waals surface area (Å²) in [6, 6.07) is 2.40. The van der Waals surface area contributed by atoms with Gasteiger partial charge < -0.3 is 14.9 Å². The highest BCUT2D eigenvalue weighted by molar-refractivity contribution is 5.92. The van der Waals surface area contributed by atoms with E-state index in [4.69, 9.17) is 5.11 Å². The number of aromatic hydroxyl groups is 1. The molecule has 0 aromatic heterocycles. The Kier molecular flexibility index (Phi) is 3.84. The third kappa shape index (κ3) is 2.30. The molecule has 5 heteroatoms. The Balaban J connectivity index is 3.27. The van der Waals surface area contributed by atoms with Crippen LogP contribution in [-0.4, -0.2) is 29.9 Å². The molecule has 0 saturated carbocycles. The monoisotopic (exact) mass is 228 g/mol. The molecule has 1 rings (SSSR count). The van der Waals surface area contributed by atoms with Crippen LogP contribution in [0.15, 0.2) is 12.1 Å². The van der Waals surface area contributed by atoms with E-state index in [-0.39, 0.29) is 18.1 Å². The SMILES string of the molecule is COC(=O)c1cc(C(C)CO)cc(F)c1O. The van der Waals surface area contributed by atoms with E-state index in [2.05, 4.69) is 4.74 Å². The van der Waals surface area contributed by atoms with Crippen LogP contribution in [0.1, 0.15) is 28.8 Å². The first-order valence-electron chi connectivity index (χ1n) is 4.72. The molecule has 1 atom stereocenters. The van der Waals surface area contributed by atoms with Gasteiger partial charge in [-0.3, -0.25) is 0 Å². The molecule has 0 aliphatic carbocycles. The first-order valence-corrected chi connectivity index (χ1v) is 4.72. The van der Waals surface area contributed by atoms with Crippen molar-refractivity contribution in [2.75, 3.05) is 13.7 Å². The number of carbonyl (C=O) groups is 1. The number of carbonyl (C=O) groups excluding carboxylic acids is 1. The quantitative estimate of drug-likeness (QED) is 0.768. The lowest BCUT2D eigenvalue weighted by molar-refractivity contribution is 0.0596. The molecule has 0 saturated heterocycles. The summed E-state index contributed by atoms with van der Waals surface area (Å²) < 4.78 is 17.7. The van der Waals surface area contributed by atoms with Gasteiger partial charge in [0.25, 0.3) is 0 Å². The topological polar surface area (TPSA) is 66.8 Å². The van der Waals surface area contributed by atoms with Gasteiger partial charge in [0.2, 0.25) is 0 Å². The average Bonchev–Trinajstić information content (AvgIpc) is 2.30. The molecule has 88 valence electrons. The van der Waals surface area contributed by atoms with Crippen molar-refractivity contribution in [3.05, 3.63) is 29.1 Å². The molecule has 0 aliphatic rings. The van der Waals surface area contributed by atoms with Crippen molar-refractivity contribution in [3.8, 4) is 5.75 Å². The van der Waals surface area contributed by atoms with E-state index >= 15 is 0 Å². The molecular weight excluding hydrogens is 215 g/mol. The van der Waals surface area contributed by atoms with Crippen molar-refractivity contribution in [3.63, 3.8) is 0 Å². The van der Waals surface area contributed by atoms with Gasteiger partial charge in [0.05, 0.1) is 7.11 Å². The third-order valence-corrected chi connectivity index (χ3v) is 2.33. The summed E-state index contributed by atoms with van der Waals surface area (Å²) >= 11 is 0. The number of hydrogen-bond acceptors (Lipinski definition) is 4. The number of halogens is 1. The maximum absolute atomic E-state index is 13.3. The van der Waals surface area contributed by atoms with Crippen molar-refractivity contribution in [2.45, 2.75) is 12.8 Å². The lowest BCUT2D eigenvalue weighted by atomic mass is 9.99. The van der Waals surface area contributed by atoms with Crippen molar-refractivity contribution in [1.29, 1.82) is 0 Å². The first-order chi connectivity index (χ1) is 7.51. The summed E-state index contributed by atoms with van der Waals surface area (Å²) in [5, 5.41) is 18.3. The minimum Gasteiger partial charge on any atom is -0.504 e. The fourth-order valence-corrected chi connectivity index (χ4v) is 1.28. The predicted octanol–water partition coefficient (Wildman–Crippen LogP) is 1.41. The second kappa shape index (κ2) is 4.94. The van der Waals surface area contributed by atoms with E-state index in [1.54, 1.807) is 6.92 Å². The van der Waals surface area contributed by atoms with Crippen molar-refractivity contribution >= 4 is 5.97 Å². The van der Waals surface area contributed by atoms with Crippen LogP contribution in [0.3, 0.4) is 0 Å². The van der Waals surface area contributed by atoms with E-state index in [1.807, 2.05) is 0 Å². The first kappa shape index (κ1) is 12.4. The van der Waals surface area contributed by atoms with Crippen molar-refractivity contribution in [1.82, 2.24) is 0 Å². The van der Waals surface area contributed by atoms with E-state index in [9.17, 15) is 14.3 Å². The minimum atomic E-state index is -0.904. The number of rotatable bonds is 3. The highest BCUT2D eigenvalue weighted by atomic mass is 19.1. The Hall–Kier alpha value is -1.62. The summed E-state index contributed by atoms with van der Waals surface area (Å²) in [7, 11) is 1.14. The van der Waals surface area contributed by atoms with Gasteiger partial charge in [0, 0.05) is 12.5 Å². The molecule has 4 nitrogen and oxygen atoms in total. The average molecular weight is 228 g/mol. The van der Waals surface area contributed by atoms with Gasteiger partial charge in [0.1, 0.15) is 5.56 Å². The molecule has 16 heavy (non-hydrogen) atoms. The highest BCUT2D eigenvalue weighted by Crippen LogP contribution is 2.27. The van der Waals surface area contributed by atoms with Crippen LogP contribution in [0.2, 0.25) is 0 Å². The molecule has 0 radical (unpaired) electrons. The zero-order valence-electron chi connectivity index (χ0n) is 9.03. The highest BCUT2D eigenvalue weighted by Gasteiger charge is 2.18. The standard InChI is InChI=1S/C11H13FO4/c1-6(5-13)7-3-8(11(15)16-2)10(14)9(12)4-7/h3-4,6,13-14H,5H2,1-2H3. The largest absolute Gasteiger partial charge is 0.504 e. The van der Waals surface area contributed by atoms with Crippen LogP contribution in [0.25, 0.3) is 0 Å². The molecule has 0 spiro atoms. The Bertz CT molecular complexity index is 403. The number of methoxy groups -OCH3 is 1. The Morgan fingerprint density at radius 1 is 1.56 bits per heavy atom. The van der Waals surface area contributed by atoms with Gasteiger partial charge >= 0.3 is 5.97 Å². The number of aliphatic hydroxyl groups excluding tert-OH is 1. The maximum Gasteiger partial charge on any atom is 0.341 e. The predicted molar refractivity (Wildman–Crippen MR) is 54.9 cm³/mol. The Labute approximate surface area is 92.3 Å². The summed E-state index contributed by atoms with van der Waals surface area (Å²) in [5.74, 6) is -2.78. The normalized spacial score (nSPS) is 12.2. The maximum atomic E-state index is 13.3. The molecule has 0 bridgehead atoms. The zero-order valence-corrected chi connectivity index (χ0v) is 9.03. The second-order valence-corrected chi connectivity index (χ2v) is 3.47. The number of phenolic OH excluding ortho intramolecular Hbond substituents is 1. The number of phenols is 1. The molecular formula is C11H13FO4. The van der Waals surface area contributed by atoms with Gasteiger partial charge in [0.15, 0.2) is 11.6 Å². The molecule has 1 aromatic rings. The van der Waals surface area contributed by atoms with E-state index in [0.29, 0.717) is 5.56 Å². The molecule has 1 aromatic carbocycles. The molecule has 0 heterocycles. The minimum absolute atomic E-state index is 0.176. The number of ether oxygens (including phenoxy) is 1.